The molecular formula is C17H17ClFN3O2S. The molecule has 4 N–H and O–H groups in total. The molecule has 0 heterocycles. The molecule has 0 saturated carbocycles. The van der Waals surface area contributed by atoms with Crippen molar-refractivity contribution in [3.05, 3.63) is 71.7 Å². The molecule has 0 aliphatic rings. The van der Waals surface area contributed by atoms with Gasteiger partial charge in [-0.1, -0.05) is 30.3 Å². The van der Waals surface area contributed by atoms with Gasteiger partial charge in [0.1, 0.15) is 5.82 Å². The first-order valence-electron chi connectivity index (χ1n) is 7.25. The van der Waals surface area contributed by atoms with Crippen LogP contribution < -0.4 is 10.9 Å². The normalized spacial score (nSPS) is 13.1. The van der Waals surface area contributed by atoms with Gasteiger partial charge in [-0.3, -0.25) is 0 Å². The molecule has 0 unspecified atom stereocenters. The predicted molar refractivity (Wildman–Crippen MR) is 98.0 cm³/mol. The molecular weight excluding hydrogens is 365 g/mol. The van der Waals surface area contributed by atoms with Crippen LogP contribution in [0.25, 0.3) is 0 Å². The van der Waals surface area contributed by atoms with E-state index in [1.165, 1.54) is 12.1 Å². The Labute approximate surface area is 150 Å². The SMILES string of the molecule is NC(=CC(Cc1ccccc1)=Nc1ccc(S(N)(=O)=O)cc1F)CCl. The van der Waals surface area contributed by atoms with Gasteiger partial charge < -0.3 is 5.73 Å². The van der Waals surface area contributed by atoms with E-state index < -0.39 is 15.8 Å². The first-order valence-corrected chi connectivity index (χ1v) is 9.33. The van der Waals surface area contributed by atoms with E-state index in [4.69, 9.17) is 22.5 Å². The van der Waals surface area contributed by atoms with Crippen LogP contribution in [0.5, 0.6) is 0 Å². The Bertz CT molecular complexity index is 913. The zero-order valence-electron chi connectivity index (χ0n) is 13.2. The van der Waals surface area contributed by atoms with Crippen molar-refractivity contribution in [2.24, 2.45) is 15.9 Å². The van der Waals surface area contributed by atoms with E-state index in [2.05, 4.69) is 4.99 Å². The zero-order valence-corrected chi connectivity index (χ0v) is 14.8. The number of aliphatic imine (C=N–C) groups is 1. The highest BCUT2D eigenvalue weighted by Gasteiger charge is 2.12. The summed E-state index contributed by atoms with van der Waals surface area (Å²) in [6.45, 7) is 0. The number of primary sulfonamides is 1. The van der Waals surface area contributed by atoms with Gasteiger partial charge in [0.15, 0.2) is 0 Å². The van der Waals surface area contributed by atoms with Crippen molar-refractivity contribution in [1.29, 1.82) is 0 Å². The molecule has 0 atom stereocenters. The summed E-state index contributed by atoms with van der Waals surface area (Å²) in [4.78, 5) is 3.94. The molecule has 5 nitrogen and oxygen atoms in total. The second-order valence-corrected chi connectivity index (χ2v) is 7.11. The lowest BCUT2D eigenvalue weighted by atomic mass is 10.1. The third-order valence-corrected chi connectivity index (χ3v) is 4.47. The quantitative estimate of drug-likeness (QED) is 0.594. The molecule has 0 saturated heterocycles. The second-order valence-electron chi connectivity index (χ2n) is 5.28. The highest BCUT2D eigenvalue weighted by molar-refractivity contribution is 7.89. The summed E-state index contributed by atoms with van der Waals surface area (Å²) < 4.78 is 36.8. The van der Waals surface area contributed by atoms with Crippen LogP contribution in [0.2, 0.25) is 0 Å². The van der Waals surface area contributed by atoms with Gasteiger partial charge >= 0.3 is 0 Å². The first kappa shape index (κ1) is 19.1. The highest BCUT2D eigenvalue weighted by Crippen LogP contribution is 2.22. The number of rotatable bonds is 6. The number of hydrogen-bond acceptors (Lipinski definition) is 4. The fourth-order valence-electron chi connectivity index (χ4n) is 2.09. The largest absolute Gasteiger partial charge is 0.401 e. The minimum absolute atomic E-state index is 0.0167. The van der Waals surface area contributed by atoms with Crippen LogP contribution in [0.1, 0.15) is 5.56 Å². The summed E-state index contributed by atoms with van der Waals surface area (Å²) >= 11 is 5.70. The average molecular weight is 382 g/mol. The van der Waals surface area contributed by atoms with E-state index in [0.717, 1.165) is 11.6 Å². The molecule has 0 fully saturated rings. The standard InChI is InChI=1S/C17H17ClFN3O2S/c18-11-13(20)9-14(8-12-4-2-1-3-5-12)22-17-7-6-15(10-16(17)19)25(21,23)24/h1-7,9-10H,8,11,20H2,(H2,21,23,24). The Balaban J connectivity index is 2.43. The minimum Gasteiger partial charge on any atom is -0.401 e. The summed E-state index contributed by atoms with van der Waals surface area (Å²) in [5.74, 6) is -0.685. The molecule has 0 spiro atoms. The van der Waals surface area contributed by atoms with Crippen LogP contribution in [0.4, 0.5) is 10.1 Å². The van der Waals surface area contributed by atoms with Crippen LogP contribution in [-0.4, -0.2) is 20.0 Å². The Hall–Kier alpha value is -2.22. The molecule has 0 aliphatic carbocycles. The summed E-state index contributed by atoms with van der Waals surface area (Å²) in [5, 5.41) is 4.99. The van der Waals surface area contributed by atoms with Crippen molar-refractivity contribution in [1.82, 2.24) is 0 Å². The van der Waals surface area contributed by atoms with Gasteiger partial charge in [0.05, 0.1) is 16.5 Å². The van der Waals surface area contributed by atoms with Crippen LogP contribution >= 0.6 is 11.6 Å². The first-order chi connectivity index (χ1) is 11.8. The van der Waals surface area contributed by atoms with E-state index in [0.29, 0.717) is 17.8 Å². The molecule has 0 aliphatic heterocycles. The summed E-state index contributed by atoms with van der Waals surface area (Å²) in [6, 6.07) is 12.7. The lowest BCUT2D eigenvalue weighted by Crippen LogP contribution is -2.12. The number of allylic oxidation sites excluding steroid dienone is 2. The van der Waals surface area contributed by atoms with Crippen LogP contribution in [0.3, 0.4) is 0 Å². The van der Waals surface area contributed by atoms with Crippen LogP contribution in [0, 0.1) is 5.82 Å². The molecule has 0 bridgehead atoms. The van der Waals surface area contributed by atoms with Gasteiger partial charge in [0.25, 0.3) is 0 Å². The lowest BCUT2D eigenvalue weighted by molar-refractivity contribution is 0.593. The average Bonchev–Trinajstić information content (AvgIpc) is 2.56. The predicted octanol–water partition coefficient (Wildman–Crippen LogP) is 2.87. The summed E-state index contributed by atoms with van der Waals surface area (Å²) in [7, 11) is -3.98. The Kier molecular flexibility index (Phi) is 6.30. The van der Waals surface area contributed by atoms with E-state index in [9.17, 15) is 12.8 Å². The third-order valence-electron chi connectivity index (χ3n) is 3.25. The van der Waals surface area contributed by atoms with E-state index >= 15 is 0 Å². The molecule has 2 aromatic carbocycles. The fraction of sp³-hybridized carbons (Fsp3) is 0.118. The minimum atomic E-state index is -3.98. The Morgan fingerprint density at radius 1 is 1.20 bits per heavy atom. The van der Waals surface area contributed by atoms with Gasteiger partial charge in [-0.25, -0.2) is 22.9 Å². The van der Waals surface area contributed by atoms with Gasteiger partial charge in [-0.05, 0) is 29.8 Å². The zero-order chi connectivity index (χ0) is 18.4. The maximum atomic E-state index is 14.2. The van der Waals surface area contributed by atoms with Gasteiger partial charge in [0, 0.05) is 17.8 Å². The van der Waals surface area contributed by atoms with E-state index in [-0.39, 0.29) is 16.5 Å². The highest BCUT2D eigenvalue weighted by atomic mass is 35.5. The molecule has 0 radical (unpaired) electrons. The van der Waals surface area contributed by atoms with Gasteiger partial charge in [-0.2, -0.15) is 0 Å². The maximum absolute atomic E-state index is 14.2. The molecule has 8 heteroatoms. The number of alkyl halides is 1. The molecule has 25 heavy (non-hydrogen) atoms. The van der Waals surface area contributed by atoms with E-state index in [1.54, 1.807) is 6.08 Å². The molecule has 0 amide bonds. The Morgan fingerprint density at radius 2 is 1.88 bits per heavy atom. The van der Waals surface area contributed by atoms with Crippen molar-refractivity contribution < 1.29 is 12.8 Å². The molecule has 2 rings (SSSR count). The summed E-state index contributed by atoms with van der Waals surface area (Å²) in [6.07, 6.45) is 1.99. The number of nitrogens with zero attached hydrogens (tertiary/aromatic N) is 1. The number of benzene rings is 2. The maximum Gasteiger partial charge on any atom is 0.238 e. The summed E-state index contributed by atoms with van der Waals surface area (Å²) in [5.41, 5.74) is 7.58. The number of sulfonamides is 1. The molecule has 132 valence electrons. The fourth-order valence-corrected chi connectivity index (χ4v) is 2.69. The van der Waals surface area contributed by atoms with Crippen molar-refractivity contribution in [2.75, 3.05) is 5.88 Å². The van der Waals surface area contributed by atoms with Crippen molar-refractivity contribution in [3.63, 3.8) is 0 Å². The van der Waals surface area contributed by atoms with Crippen molar-refractivity contribution >= 4 is 33.0 Å². The lowest BCUT2D eigenvalue weighted by Gasteiger charge is -2.06. The van der Waals surface area contributed by atoms with Crippen LogP contribution in [-0.2, 0) is 16.4 Å². The molecule has 0 aromatic heterocycles. The number of nitrogens with two attached hydrogens (primary N) is 2. The molecule has 2 aromatic rings. The van der Waals surface area contributed by atoms with Gasteiger partial charge in [-0.15, -0.1) is 11.6 Å². The topological polar surface area (TPSA) is 98.5 Å². The number of hydrogen-bond donors (Lipinski definition) is 2. The third kappa shape index (κ3) is 5.67. The smallest absolute Gasteiger partial charge is 0.238 e. The van der Waals surface area contributed by atoms with Crippen molar-refractivity contribution in [2.45, 2.75) is 11.3 Å². The monoisotopic (exact) mass is 381 g/mol. The second kappa shape index (κ2) is 8.24. The Morgan fingerprint density at radius 3 is 2.44 bits per heavy atom. The van der Waals surface area contributed by atoms with Crippen LogP contribution in [0.15, 0.2) is 70.2 Å². The van der Waals surface area contributed by atoms with Crippen molar-refractivity contribution in [3.8, 4) is 0 Å². The van der Waals surface area contributed by atoms with E-state index in [1.807, 2.05) is 30.3 Å². The number of halogens is 2. The van der Waals surface area contributed by atoms with Gasteiger partial charge in [0.2, 0.25) is 10.0 Å².